The second-order valence-electron chi connectivity index (χ2n) is 7.70. The zero-order chi connectivity index (χ0) is 16.6. The standard InChI is InChI=1S/C17H27N3O3S/c21-24(22,15-6-2-1-3-7-15)20-10-4-5-13(12-20)11-16-18-17(19-23-16)14-8-9-14/h13-15H,1-12H2. The van der Waals surface area contributed by atoms with Gasteiger partial charge in [-0.15, -0.1) is 0 Å². The topological polar surface area (TPSA) is 76.3 Å². The van der Waals surface area contributed by atoms with Crippen LogP contribution in [0, 0.1) is 5.92 Å². The highest BCUT2D eigenvalue weighted by molar-refractivity contribution is 7.89. The maximum absolute atomic E-state index is 12.9. The van der Waals surface area contributed by atoms with Crippen LogP contribution < -0.4 is 0 Å². The highest BCUT2D eigenvalue weighted by Crippen LogP contribution is 2.38. The number of hydrogen-bond donors (Lipinski definition) is 0. The normalized spacial score (nSPS) is 27.4. The van der Waals surface area contributed by atoms with E-state index >= 15 is 0 Å². The maximum Gasteiger partial charge on any atom is 0.226 e. The van der Waals surface area contributed by atoms with Crippen molar-refractivity contribution in [1.29, 1.82) is 0 Å². The SMILES string of the molecule is O=S(=O)(C1CCCCC1)N1CCCC(Cc2nc(C3CC3)no2)C1. The van der Waals surface area contributed by atoms with Gasteiger partial charge in [-0.3, -0.25) is 0 Å². The molecule has 1 saturated heterocycles. The van der Waals surface area contributed by atoms with Crippen LogP contribution in [-0.4, -0.2) is 41.2 Å². The first-order chi connectivity index (χ1) is 11.6. The van der Waals surface area contributed by atoms with Crippen molar-refractivity contribution in [3.63, 3.8) is 0 Å². The van der Waals surface area contributed by atoms with Gasteiger partial charge in [0.1, 0.15) is 0 Å². The number of hydrogen-bond acceptors (Lipinski definition) is 5. The van der Waals surface area contributed by atoms with E-state index in [1.54, 1.807) is 4.31 Å². The fraction of sp³-hybridized carbons (Fsp3) is 0.882. The van der Waals surface area contributed by atoms with Crippen molar-refractivity contribution in [2.24, 2.45) is 5.92 Å². The van der Waals surface area contributed by atoms with Crippen LogP contribution in [0.4, 0.5) is 0 Å². The summed E-state index contributed by atoms with van der Waals surface area (Å²) in [6.45, 7) is 1.28. The molecule has 1 aromatic rings. The van der Waals surface area contributed by atoms with Crippen molar-refractivity contribution in [3.05, 3.63) is 11.7 Å². The van der Waals surface area contributed by atoms with Gasteiger partial charge in [-0.05, 0) is 44.4 Å². The van der Waals surface area contributed by atoms with E-state index in [0.717, 1.165) is 57.2 Å². The molecule has 1 aromatic heterocycles. The molecule has 4 rings (SSSR count). The Morgan fingerprint density at radius 2 is 1.83 bits per heavy atom. The molecule has 0 bridgehead atoms. The van der Waals surface area contributed by atoms with Crippen molar-refractivity contribution >= 4 is 10.0 Å². The lowest BCUT2D eigenvalue weighted by Gasteiger charge is -2.35. The number of sulfonamides is 1. The smallest absolute Gasteiger partial charge is 0.226 e. The molecule has 134 valence electrons. The second-order valence-corrected chi connectivity index (χ2v) is 9.91. The summed E-state index contributed by atoms with van der Waals surface area (Å²) < 4.78 is 33.0. The monoisotopic (exact) mass is 353 g/mol. The van der Waals surface area contributed by atoms with Crippen LogP contribution in [-0.2, 0) is 16.4 Å². The lowest BCUT2D eigenvalue weighted by molar-refractivity contribution is 0.243. The van der Waals surface area contributed by atoms with E-state index < -0.39 is 10.0 Å². The molecule has 1 atom stereocenters. The molecule has 1 aliphatic heterocycles. The molecular formula is C17H27N3O3S. The Balaban J connectivity index is 1.39. The van der Waals surface area contributed by atoms with Crippen LogP contribution >= 0.6 is 0 Å². The molecule has 0 radical (unpaired) electrons. The third kappa shape index (κ3) is 3.52. The minimum absolute atomic E-state index is 0.158. The summed E-state index contributed by atoms with van der Waals surface area (Å²) in [5, 5.41) is 3.91. The van der Waals surface area contributed by atoms with E-state index in [9.17, 15) is 8.42 Å². The van der Waals surface area contributed by atoms with Gasteiger partial charge < -0.3 is 4.52 Å². The van der Waals surface area contributed by atoms with E-state index in [4.69, 9.17) is 4.52 Å². The van der Waals surface area contributed by atoms with Gasteiger partial charge in [0.05, 0.1) is 5.25 Å². The number of piperidine rings is 1. The van der Waals surface area contributed by atoms with Gasteiger partial charge in [0.25, 0.3) is 0 Å². The van der Waals surface area contributed by atoms with E-state index in [-0.39, 0.29) is 5.25 Å². The highest BCUT2D eigenvalue weighted by atomic mass is 32.2. The van der Waals surface area contributed by atoms with Crippen LogP contribution in [0.25, 0.3) is 0 Å². The average molecular weight is 353 g/mol. The second kappa shape index (κ2) is 6.75. The molecule has 3 fully saturated rings. The molecule has 1 unspecified atom stereocenters. The molecule has 6 nitrogen and oxygen atoms in total. The molecule has 0 amide bonds. The Morgan fingerprint density at radius 1 is 1.04 bits per heavy atom. The van der Waals surface area contributed by atoms with Crippen molar-refractivity contribution in [3.8, 4) is 0 Å². The molecule has 0 aromatic carbocycles. The lowest BCUT2D eigenvalue weighted by atomic mass is 9.96. The number of aromatic nitrogens is 2. The fourth-order valence-electron chi connectivity index (χ4n) is 4.10. The molecule has 24 heavy (non-hydrogen) atoms. The quantitative estimate of drug-likeness (QED) is 0.813. The Morgan fingerprint density at radius 3 is 2.58 bits per heavy atom. The lowest BCUT2D eigenvalue weighted by Crippen LogP contribution is -2.45. The molecule has 3 aliphatic rings. The van der Waals surface area contributed by atoms with Gasteiger partial charge in [-0.25, -0.2) is 12.7 Å². The molecule has 7 heteroatoms. The molecule has 2 aliphatic carbocycles. The Labute approximate surface area is 144 Å². The van der Waals surface area contributed by atoms with Crippen LogP contribution in [0.5, 0.6) is 0 Å². The van der Waals surface area contributed by atoms with E-state index in [1.165, 1.54) is 6.42 Å². The Bertz CT molecular complexity index is 662. The summed E-state index contributed by atoms with van der Waals surface area (Å²) in [5.41, 5.74) is 0. The van der Waals surface area contributed by atoms with Crippen molar-refractivity contribution in [2.75, 3.05) is 13.1 Å². The minimum atomic E-state index is -3.14. The van der Waals surface area contributed by atoms with Gasteiger partial charge >= 0.3 is 0 Å². The minimum Gasteiger partial charge on any atom is -0.339 e. The first kappa shape index (κ1) is 16.5. The molecule has 2 heterocycles. The summed E-state index contributed by atoms with van der Waals surface area (Å²) in [7, 11) is -3.14. The zero-order valence-corrected chi connectivity index (χ0v) is 15.0. The largest absolute Gasteiger partial charge is 0.339 e. The highest BCUT2D eigenvalue weighted by Gasteiger charge is 2.36. The third-order valence-corrected chi connectivity index (χ3v) is 8.07. The summed E-state index contributed by atoms with van der Waals surface area (Å²) >= 11 is 0. The number of nitrogens with zero attached hydrogens (tertiary/aromatic N) is 3. The Kier molecular flexibility index (Phi) is 4.64. The van der Waals surface area contributed by atoms with Gasteiger partial charge in [-0.1, -0.05) is 24.4 Å². The van der Waals surface area contributed by atoms with Crippen LogP contribution in [0.15, 0.2) is 4.52 Å². The van der Waals surface area contributed by atoms with Crippen LogP contribution in [0.2, 0.25) is 0 Å². The Hall–Kier alpha value is -0.950. The van der Waals surface area contributed by atoms with Gasteiger partial charge in [0.2, 0.25) is 15.9 Å². The first-order valence-corrected chi connectivity index (χ1v) is 10.9. The van der Waals surface area contributed by atoms with Crippen molar-refractivity contribution in [2.45, 2.75) is 75.4 Å². The van der Waals surface area contributed by atoms with Crippen LogP contribution in [0.1, 0.15) is 75.4 Å². The fourth-order valence-corrected chi connectivity index (χ4v) is 6.26. The first-order valence-electron chi connectivity index (χ1n) is 9.44. The van der Waals surface area contributed by atoms with E-state index in [2.05, 4.69) is 10.1 Å². The predicted octanol–water partition coefficient (Wildman–Crippen LogP) is 2.86. The summed E-state index contributed by atoms with van der Waals surface area (Å²) in [6.07, 6.45) is 9.94. The summed E-state index contributed by atoms with van der Waals surface area (Å²) in [5.74, 6) is 2.31. The molecule has 0 spiro atoms. The predicted molar refractivity (Wildman–Crippen MR) is 90.1 cm³/mol. The van der Waals surface area contributed by atoms with Crippen molar-refractivity contribution < 1.29 is 12.9 Å². The molecular weight excluding hydrogens is 326 g/mol. The zero-order valence-electron chi connectivity index (χ0n) is 14.2. The summed E-state index contributed by atoms with van der Waals surface area (Å²) in [6, 6.07) is 0. The maximum atomic E-state index is 12.9. The van der Waals surface area contributed by atoms with E-state index in [1.807, 2.05) is 0 Å². The van der Waals surface area contributed by atoms with Crippen LogP contribution in [0.3, 0.4) is 0 Å². The van der Waals surface area contributed by atoms with Gasteiger partial charge in [0.15, 0.2) is 5.82 Å². The van der Waals surface area contributed by atoms with Gasteiger partial charge in [-0.2, -0.15) is 4.98 Å². The average Bonchev–Trinajstić information content (AvgIpc) is 3.36. The van der Waals surface area contributed by atoms with Crippen molar-refractivity contribution in [1.82, 2.24) is 14.4 Å². The van der Waals surface area contributed by atoms with E-state index in [0.29, 0.717) is 37.2 Å². The third-order valence-electron chi connectivity index (χ3n) is 5.70. The summed E-state index contributed by atoms with van der Waals surface area (Å²) in [4.78, 5) is 4.50. The van der Waals surface area contributed by atoms with Gasteiger partial charge in [0, 0.05) is 25.4 Å². The molecule has 0 N–H and O–H groups in total. The molecule has 2 saturated carbocycles. The number of rotatable bonds is 5.